The number of hydrogen-bond acceptors (Lipinski definition) is 4. The van der Waals surface area contributed by atoms with E-state index in [1.54, 1.807) is 43.4 Å². The van der Waals surface area contributed by atoms with Crippen molar-refractivity contribution >= 4 is 40.7 Å². The molecule has 9 heteroatoms. The molecule has 1 aliphatic heterocycles. The fraction of sp³-hybridized carbons (Fsp3) is 0.292. The van der Waals surface area contributed by atoms with E-state index in [-0.39, 0.29) is 18.4 Å². The summed E-state index contributed by atoms with van der Waals surface area (Å²) in [4.78, 5) is 27.8. The molecule has 0 aliphatic carbocycles. The highest BCUT2D eigenvalue weighted by atomic mass is 35.5. The number of carbonyl (C=O) groups is 2. The third-order valence-electron chi connectivity index (χ3n) is 5.53. The highest BCUT2D eigenvalue weighted by Crippen LogP contribution is 2.32. The number of ether oxygens (including phenoxy) is 1. The van der Waals surface area contributed by atoms with Crippen LogP contribution >= 0.6 is 23.2 Å². The quantitative estimate of drug-likeness (QED) is 0.520. The molecule has 1 saturated heterocycles. The molecule has 33 heavy (non-hydrogen) atoms. The predicted octanol–water partition coefficient (Wildman–Crippen LogP) is 5.18. The van der Waals surface area contributed by atoms with Gasteiger partial charge in [0.25, 0.3) is 11.8 Å². The molecule has 172 valence electrons. The number of rotatable bonds is 6. The number of piperidine rings is 1. The molecule has 2 heterocycles. The van der Waals surface area contributed by atoms with E-state index in [0.717, 1.165) is 37.9 Å². The van der Waals surface area contributed by atoms with Crippen LogP contribution in [0, 0.1) is 0 Å². The molecule has 3 aromatic rings. The Balaban J connectivity index is 1.46. The monoisotopic (exact) mass is 486 g/mol. The van der Waals surface area contributed by atoms with Gasteiger partial charge < -0.3 is 15.0 Å². The predicted molar refractivity (Wildman–Crippen MR) is 128 cm³/mol. The second-order valence-corrected chi connectivity index (χ2v) is 8.66. The van der Waals surface area contributed by atoms with Crippen molar-refractivity contribution in [2.24, 2.45) is 7.05 Å². The van der Waals surface area contributed by atoms with Crippen LogP contribution in [-0.4, -0.2) is 39.6 Å². The Morgan fingerprint density at radius 3 is 2.64 bits per heavy atom. The molecule has 0 unspecified atom stereocenters. The van der Waals surface area contributed by atoms with E-state index in [1.807, 2.05) is 11.0 Å². The third-order valence-corrected chi connectivity index (χ3v) is 6.33. The lowest BCUT2D eigenvalue weighted by Gasteiger charge is -2.27. The maximum Gasteiger partial charge on any atom is 0.274 e. The number of nitrogens with zero attached hydrogens (tertiary/aromatic N) is 3. The number of aryl methyl sites for hydroxylation is 1. The van der Waals surface area contributed by atoms with Gasteiger partial charge in [0.15, 0.2) is 0 Å². The average Bonchev–Trinajstić information content (AvgIpc) is 3.20. The Labute approximate surface area is 202 Å². The van der Waals surface area contributed by atoms with E-state index >= 15 is 0 Å². The summed E-state index contributed by atoms with van der Waals surface area (Å²) in [5.41, 5.74) is 1.99. The highest BCUT2D eigenvalue weighted by Gasteiger charge is 2.25. The summed E-state index contributed by atoms with van der Waals surface area (Å²) in [5, 5.41) is 7.78. The Bertz CT molecular complexity index is 1170. The van der Waals surface area contributed by atoms with E-state index in [2.05, 4.69) is 10.4 Å². The second kappa shape index (κ2) is 10.3. The van der Waals surface area contributed by atoms with Gasteiger partial charge in [-0.05, 0) is 49.1 Å². The molecule has 0 atom stereocenters. The standard InChI is InChI=1S/C24H24Cl2N4O3/c1-29-22(24(32)30-11-3-2-4-12-30)19(14-27-29)28-23(31)17-8-5-7-16(13-17)15-33-20-10-6-9-18(25)21(20)26/h5-10,13-14H,2-4,11-12,15H2,1H3,(H,28,31). The van der Waals surface area contributed by atoms with Gasteiger partial charge in [-0.1, -0.05) is 41.4 Å². The van der Waals surface area contributed by atoms with Crippen LogP contribution in [0.5, 0.6) is 5.75 Å². The zero-order valence-corrected chi connectivity index (χ0v) is 19.7. The lowest BCUT2D eigenvalue weighted by atomic mass is 10.1. The fourth-order valence-electron chi connectivity index (χ4n) is 3.78. The smallest absolute Gasteiger partial charge is 0.274 e. The number of halogens is 2. The molecule has 1 N–H and O–H groups in total. The van der Waals surface area contributed by atoms with Crippen molar-refractivity contribution in [3.8, 4) is 5.75 Å². The molecule has 1 aromatic heterocycles. The van der Waals surface area contributed by atoms with Crippen LogP contribution in [0.1, 0.15) is 45.7 Å². The van der Waals surface area contributed by atoms with Crippen LogP contribution in [0.4, 0.5) is 5.69 Å². The number of aromatic nitrogens is 2. The summed E-state index contributed by atoms with van der Waals surface area (Å²) in [6, 6.07) is 12.2. The van der Waals surface area contributed by atoms with Crippen LogP contribution in [0.25, 0.3) is 0 Å². The summed E-state index contributed by atoms with van der Waals surface area (Å²) in [6.45, 7) is 1.65. The number of benzene rings is 2. The van der Waals surface area contributed by atoms with Crippen molar-refractivity contribution in [3.63, 3.8) is 0 Å². The molecule has 2 aromatic carbocycles. The second-order valence-electron chi connectivity index (χ2n) is 7.88. The van der Waals surface area contributed by atoms with Gasteiger partial charge in [-0.3, -0.25) is 14.3 Å². The molecule has 1 fully saturated rings. The summed E-state index contributed by atoms with van der Waals surface area (Å²) in [6.07, 6.45) is 4.60. The van der Waals surface area contributed by atoms with E-state index in [1.165, 1.54) is 10.9 Å². The van der Waals surface area contributed by atoms with Crippen LogP contribution < -0.4 is 10.1 Å². The van der Waals surface area contributed by atoms with Crippen molar-refractivity contribution in [2.75, 3.05) is 18.4 Å². The van der Waals surface area contributed by atoms with E-state index in [9.17, 15) is 9.59 Å². The minimum atomic E-state index is -0.335. The summed E-state index contributed by atoms with van der Waals surface area (Å²) < 4.78 is 7.27. The lowest BCUT2D eigenvalue weighted by Crippen LogP contribution is -2.37. The topological polar surface area (TPSA) is 76.5 Å². The summed E-state index contributed by atoms with van der Waals surface area (Å²) in [7, 11) is 1.70. The number of carbonyl (C=O) groups excluding carboxylic acids is 2. The zero-order valence-electron chi connectivity index (χ0n) is 18.2. The van der Waals surface area contributed by atoms with Crippen LogP contribution in [0.3, 0.4) is 0 Å². The van der Waals surface area contributed by atoms with Gasteiger partial charge in [0, 0.05) is 25.7 Å². The van der Waals surface area contributed by atoms with Gasteiger partial charge in [-0.15, -0.1) is 0 Å². The minimum absolute atomic E-state index is 0.120. The number of amides is 2. The highest BCUT2D eigenvalue weighted by molar-refractivity contribution is 6.42. The summed E-state index contributed by atoms with van der Waals surface area (Å²) >= 11 is 12.2. The first-order valence-electron chi connectivity index (χ1n) is 10.7. The Morgan fingerprint density at radius 2 is 1.85 bits per heavy atom. The van der Waals surface area contributed by atoms with Gasteiger partial charge in [0.1, 0.15) is 23.1 Å². The van der Waals surface area contributed by atoms with Gasteiger partial charge in [-0.2, -0.15) is 5.10 Å². The molecule has 2 amide bonds. The molecule has 0 radical (unpaired) electrons. The fourth-order valence-corrected chi connectivity index (χ4v) is 4.13. The average molecular weight is 487 g/mol. The van der Waals surface area contributed by atoms with Crippen LogP contribution in [0.2, 0.25) is 10.0 Å². The van der Waals surface area contributed by atoms with Gasteiger partial charge >= 0.3 is 0 Å². The molecule has 7 nitrogen and oxygen atoms in total. The molecule has 0 saturated carbocycles. The first-order valence-corrected chi connectivity index (χ1v) is 11.5. The SMILES string of the molecule is Cn1ncc(NC(=O)c2cccc(COc3cccc(Cl)c3Cl)c2)c1C(=O)N1CCCCC1. The number of anilines is 1. The largest absolute Gasteiger partial charge is 0.487 e. The van der Waals surface area contributed by atoms with E-state index in [0.29, 0.717) is 32.7 Å². The summed E-state index contributed by atoms with van der Waals surface area (Å²) in [5.74, 6) is 0.0131. The zero-order chi connectivity index (χ0) is 23.4. The molecular formula is C24H24Cl2N4O3. The number of hydrogen-bond donors (Lipinski definition) is 1. The van der Waals surface area contributed by atoms with Gasteiger partial charge in [0.2, 0.25) is 0 Å². The van der Waals surface area contributed by atoms with Crippen LogP contribution in [-0.2, 0) is 13.7 Å². The molecular weight excluding hydrogens is 463 g/mol. The van der Waals surface area contributed by atoms with Crippen molar-refractivity contribution in [2.45, 2.75) is 25.9 Å². The van der Waals surface area contributed by atoms with Crippen molar-refractivity contribution in [3.05, 3.63) is 75.5 Å². The third kappa shape index (κ3) is 5.31. The van der Waals surface area contributed by atoms with Crippen LogP contribution in [0.15, 0.2) is 48.7 Å². The Morgan fingerprint density at radius 1 is 1.09 bits per heavy atom. The number of likely N-dealkylation sites (tertiary alicyclic amines) is 1. The van der Waals surface area contributed by atoms with Gasteiger partial charge in [0.05, 0.1) is 16.9 Å². The lowest BCUT2D eigenvalue weighted by molar-refractivity contribution is 0.0714. The van der Waals surface area contributed by atoms with Gasteiger partial charge in [-0.25, -0.2) is 0 Å². The first kappa shape index (κ1) is 23.1. The maximum absolute atomic E-state index is 13.0. The van der Waals surface area contributed by atoms with Crippen molar-refractivity contribution < 1.29 is 14.3 Å². The number of nitrogens with one attached hydrogen (secondary N) is 1. The van der Waals surface area contributed by atoms with E-state index in [4.69, 9.17) is 27.9 Å². The molecule has 4 rings (SSSR count). The van der Waals surface area contributed by atoms with Crippen molar-refractivity contribution in [1.29, 1.82) is 0 Å². The van der Waals surface area contributed by atoms with Crippen molar-refractivity contribution in [1.82, 2.24) is 14.7 Å². The molecule has 0 bridgehead atoms. The molecule has 1 aliphatic rings. The molecule has 0 spiro atoms. The maximum atomic E-state index is 13.0. The minimum Gasteiger partial charge on any atom is -0.487 e. The first-order chi connectivity index (χ1) is 15.9. The van der Waals surface area contributed by atoms with E-state index < -0.39 is 0 Å². The normalized spacial score (nSPS) is 13.6. The Kier molecular flexibility index (Phi) is 7.20. The Hall–Kier alpha value is -3.03.